The van der Waals surface area contributed by atoms with Gasteiger partial charge in [-0.25, -0.2) is 4.79 Å². The SMILES string of the molecule is O=C(CCCCCn1c(=O)[nH]c2ccccc2c1=O)NC1CC1. The molecule has 1 amide bonds. The summed E-state index contributed by atoms with van der Waals surface area (Å²) < 4.78 is 1.24. The van der Waals surface area contributed by atoms with Crippen LogP contribution in [0, 0.1) is 0 Å². The minimum atomic E-state index is -0.375. The number of aromatic nitrogens is 2. The molecular formula is C17H21N3O3. The summed E-state index contributed by atoms with van der Waals surface area (Å²) >= 11 is 0. The Morgan fingerprint density at radius 2 is 1.96 bits per heavy atom. The van der Waals surface area contributed by atoms with Gasteiger partial charge in [0.2, 0.25) is 5.91 Å². The molecule has 1 aromatic heterocycles. The number of nitrogens with one attached hydrogen (secondary N) is 2. The third-order valence-corrected chi connectivity index (χ3v) is 4.12. The lowest BCUT2D eigenvalue weighted by molar-refractivity contribution is -0.121. The van der Waals surface area contributed by atoms with Crippen molar-refractivity contribution in [1.82, 2.24) is 14.9 Å². The molecule has 0 bridgehead atoms. The number of carbonyl (C=O) groups is 1. The lowest BCUT2D eigenvalue weighted by Gasteiger charge is -2.06. The maximum atomic E-state index is 12.3. The van der Waals surface area contributed by atoms with Crippen molar-refractivity contribution in [2.45, 2.75) is 51.1 Å². The van der Waals surface area contributed by atoms with Gasteiger partial charge in [-0.2, -0.15) is 0 Å². The second-order valence-electron chi connectivity index (χ2n) is 6.08. The number of hydrogen-bond donors (Lipinski definition) is 2. The van der Waals surface area contributed by atoms with Crippen LogP contribution in [0.15, 0.2) is 33.9 Å². The fourth-order valence-electron chi connectivity index (χ4n) is 2.66. The Hall–Kier alpha value is -2.37. The van der Waals surface area contributed by atoms with Crippen molar-refractivity contribution in [3.63, 3.8) is 0 Å². The van der Waals surface area contributed by atoms with Crippen molar-refractivity contribution in [1.29, 1.82) is 0 Å². The first kappa shape index (κ1) is 15.5. The molecule has 0 radical (unpaired) electrons. The van der Waals surface area contributed by atoms with Crippen LogP contribution in [0.1, 0.15) is 38.5 Å². The number of amides is 1. The quantitative estimate of drug-likeness (QED) is 0.760. The topological polar surface area (TPSA) is 84.0 Å². The Kier molecular flexibility index (Phi) is 4.60. The number of carbonyl (C=O) groups excluding carboxylic acids is 1. The fraction of sp³-hybridized carbons (Fsp3) is 0.471. The van der Waals surface area contributed by atoms with Gasteiger partial charge in [0.15, 0.2) is 0 Å². The zero-order valence-electron chi connectivity index (χ0n) is 13.0. The van der Waals surface area contributed by atoms with Crippen LogP contribution in [0.5, 0.6) is 0 Å². The van der Waals surface area contributed by atoms with E-state index in [2.05, 4.69) is 10.3 Å². The second-order valence-corrected chi connectivity index (χ2v) is 6.08. The van der Waals surface area contributed by atoms with E-state index >= 15 is 0 Å². The smallest absolute Gasteiger partial charge is 0.328 e. The Balaban J connectivity index is 1.54. The van der Waals surface area contributed by atoms with E-state index in [4.69, 9.17) is 0 Å². The van der Waals surface area contributed by atoms with Gasteiger partial charge in [-0.05, 0) is 37.8 Å². The average Bonchev–Trinajstić information content (AvgIpc) is 3.33. The molecule has 0 atom stereocenters. The molecule has 0 unspecified atom stereocenters. The Labute approximate surface area is 133 Å². The summed E-state index contributed by atoms with van der Waals surface area (Å²) in [4.78, 5) is 38.6. The normalized spacial score (nSPS) is 14.1. The summed E-state index contributed by atoms with van der Waals surface area (Å²) in [5, 5.41) is 3.48. The highest BCUT2D eigenvalue weighted by atomic mass is 16.2. The number of rotatable bonds is 7. The van der Waals surface area contributed by atoms with E-state index in [1.165, 1.54) is 4.57 Å². The molecule has 23 heavy (non-hydrogen) atoms. The molecule has 1 aliphatic rings. The maximum absolute atomic E-state index is 12.3. The first-order valence-corrected chi connectivity index (χ1v) is 8.16. The molecule has 1 saturated carbocycles. The molecule has 0 spiro atoms. The molecule has 3 rings (SSSR count). The molecule has 2 N–H and O–H groups in total. The molecule has 1 aromatic carbocycles. The van der Waals surface area contributed by atoms with E-state index in [0.29, 0.717) is 36.3 Å². The summed E-state index contributed by atoms with van der Waals surface area (Å²) in [6.07, 6.45) is 5.01. The van der Waals surface area contributed by atoms with Crippen molar-refractivity contribution >= 4 is 16.8 Å². The van der Waals surface area contributed by atoms with E-state index in [9.17, 15) is 14.4 Å². The fourth-order valence-corrected chi connectivity index (χ4v) is 2.66. The summed E-state index contributed by atoms with van der Waals surface area (Å²) in [6.45, 7) is 0.378. The van der Waals surface area contributed by atoms with Gasteiger partial charge in [-0.15, -0.1) is 0 Å². The number of fused-ring (bicyclic) bond motifs is 1. The minimum Gasteiger partial charge on any atom is -0.353 e. The van der Waals surface area contributed by atoms with Gasteiger partial charge in [0, 0.05) is 19.0 Å². The Morgan fingerprint density at radius 3 is 2.74 bits per heavy atom. The van der Waals surface area contributed by atoms with E-state index < -0.39 is 0 Å². The van der Waals surface area contributed by atoms with Crippen LogP contribution in [0.2, 0.25) is 0 Å². The summed E-state index contributed by atoms with van der Waals surface area (Å²) in [5.41, 5.74) is -0.0634. The number of benzene rings is 1. The van der Waals surface area contributed by atoms with Gasteiger partial charge in [0.25, 0.3) is 5.56 Å². The zero-order chi connectivity index (χ0) is 16.2. The summed E-state index contributed by atoms with van der Waals surface area (Å²) in [7, 11) is 0. The van der Waals surface area contributed by atoms with Crippen molar-refractivity contribution in [3.8, 4) is 0 Å². The largest absolute Gasteiger partial charge is 0.353 e. The maximum Gasteiger partial charge on any atom is 0.328 e. The third-order valence-electron chi connectivity index (χ3n) is 4.12. The standard InChI is InChI=1S/C17H21N3O3/c21-15(18-12-9-10-12)8-2-1-5-11-20-16(22)13-6-3-4-7-14(13)19-17(20)23/h3-4,6-7,12H,1-2,5,8-11H2,(H,18,21)(H,19,23). The Bertz CT molecular complexity index is 818. The van der Waals surface area contributed by atoms with E-state index in [1.54, 1.807) is 24.3 Å². The zero-order valence-corrected chi connectivity index (χ0v) is 13.0. The number of H-pyrrole nitrogens is 1. The number of unbranched alkanes of at least 4 members (excludes halogenated alkanes) is 2. The number of para-hydroxylation sites is 1. The molecule has 2 aromatic rings. The van der Waals surface area contributed by atoms with Gasteiger partial charge in [-0.1, -0.05) is 18.6 Å². The van der Waals surface area contributed by atoms with Gasteiger partial charge in [0.1, 0.15) is 0 Å². The molecule has 6 heteroatoms. The van der Waals surface area contributed by atoms with Crippen LogP contribution in [0.3, 0.4) is 0 Å². The van der Waals surface area contributed by atoms with Crippen molar-refractivity contribution in [3.05, 3.63) is 45.1 Å². The lowest BCUT2D eigenvalue weighted by Crippen LogP contribution is -2.35. The monoisotopic (exact) mass is 315 g/mol. The first-order valence-electron chi connectivity index (χ1n) is 8.16. The van der Waals surface area contributed by atoms with Crippen LogP contribution >= 0.6 is 0 Å². The van der Waals surface area contributed by atoms with Crippen LogP contribution in [-0.4, -0.2) is 21.5 Å². The first-order chi connectivity index (χ1) is 11.1. The number of hydrogen-bond acceptors (Lipinski definition) is 3. The highest BCUT2D eigenvalue weighted by Gasteiger charge is 2.22. The molecule has 6 nitrogen and oxygen atoms in total. The Morgan fingerprint density at radius 1 is 1.17 bits per heavy atom. The van der Waals surface area contributed by atoms with Crippen LogP contribution in [0.25, 0.3) is 10.9 Å². The molecule has 0 saturated heterocycles. The van der Waals surface area contributed by atoms with Gasteiger partial charge < -0.3 is 10.3 Å². The van der Waals surface area contributed by atoms with Crippen molar-refractivity contribution < 1.29 is 4.79 Å². The summed E-state index contributed by atoms with van der Waals surface area (Å²) in [6, 6.07) is 7.41. The predicted molar refractivity (Wildman–Crippen MR) is 88.5 cm³/mol. The second kappa shape index (κ2) is 6.81. The molecule has 1 aliphatic carbocycles. The van der Waals surface area contributed by atoms with E-state index in [0.717, 1.165) is 25.7 Å². The molecular weight excluding hydrogens is 294 g/mol. The lowest BCUT2D eigenvalue weighted by atomic mass is 10.2. The van der Waals surface area contributed by atoms with Gasteiger partial charge in [-0.3, -0.25) is 14.2 Å². The summed E-state index contributed by atoms with van der Waals surface area (Å²) in [5.74, 6) is 0.105. The molecule has 1 fully saturated rings. The van der Waals surface area contributed by atoms with Crippen LogP contribution in [0.4, 0.5) is 0 Å². The van der Waals surface area contributed by atoms with Crippen LogP contribution < -0.4 is 16.6 Å². The van der Waals surface area contributed by atoms with Crippen molar-refractivity contribution in [2.75, 3.05) is 0 Å². The van der Waals surface area contributed by atoms with E-state index in [-0.39, 0.29) is 17.2 Å². The third kappa shape index (κ3) is 3.88. The molecule has 1 heterocycles. The number of aromatic amines is 1. The van der Waals surface area contributed by atoms with E-state index in [1.807, 2.05) is 0 Å². The molecule has 122 valence electrons. The van der Waals surface area contributed by atoms with Crippen LogP contribution in [-0.2, 0) is 11.3 Å². The van der Waals surface area contributed by atoms with Crippen molar-refractivity contribution in [2.24, 2.45) is 0 Å². The predicted octanol–water partition coefficient (Wildman–Crippen LogP) is 1.53. The number of nitrogens with zero attached hydrogens (tertiary/aromatic N) is 1. The highest BCUT2D eigenvalue weighted by molar-refractivity contribution is 5.77. The highest BCUT2D eigenvalue weighted by Crippen LogP contribution is 2.18. The van der Waals surface area contributed by atoms with Gasteiger partial charge in [0.05, 0.1) is 10.9 Å². The average molecular weight is 315 g/mol. The molecule has 0 aliphatic heterocycles. The minimum absolute atomic E-state index is 0.105. The van der Waals surface area contributed by atoms with Gasteiger partial charge >= 0.3 is 5.69 Å².